The summed E-state index contributed by atoms with van der Waals surface area (Å²) < 4.78 is 11.6. The number of benzene rings is 3. The molecule has 0 atom stereocenters. The van der Waals surface area contributed by atoms with Crippen molar-refractivity contribution in [3.63, 3.8) is 0 Å². The van der Waals surface area contributed by atoms with Gasteiger partial charge in [-0.25, -0.2) is 5.11 Å². The highest BCUT2D eigenvalue weighted by Crippen LogP contribution is 2.25. The highest BCUT2D eigenvalue weighted by atomic mass is 16.5. The Labute approximate surface area is 142 Å². The minimum atomic E-state index is -0.301. The Morgan fingerprint density at radius 2 is 1.04 bits per heavy atom. The SMILES string of the molecule is [O]Cc1cc(OCc2ccccc2)cc(OCc2ccccc2)c1. The van der Waals surface area contributed by atoms with Crippen LogP contribution in [0.1, 0.15) is 16.7 Å². The second-order valence-corrected chi connectivity index (χ2v) is 5.51. The summed E-state index contributed by atoms with van der Waals surface area (Å²) in [5.74, 6) is 1.30. The molecule has 3 rings (SSSR count). The Kier molecular flexibility index (Phi) is 5.48. The van der Waals surface area contributed by atoms with E-state index in [0.717, 1.165) is 11.1 Å². The average Bonchev–Trinajstić information content (AvgIpc) is 2.66. The molecule has 3 heteroatoms. The molecule has 0 saturated carbocycles. The molecule has 3 aromatic rings. The van der Waals surface area contributed by atoms with Crippen LogP contribution >= 0.6 is 0 Å². The van der Waals surface area contributed by atoms with Crippen LogP contribution in [0.3, 0.4) is 0 Å². The van der Waals surface area contributed by atoms with Crippen LogP contribution in [0.2, 0.25) is 0 Å². The molecule has 0 fully saturated rings. The van der Waals surface area contributed by atoms with Crippen molar-refractivity contribution in [2.75, 3.05) is 0 Å². The third kappa shape index (κ3) is 4.61. The maximum absolute atomic E-state index is 11.3. The number of hydrogen-bond donors (Lipinski definition) is 0. The minimum absolute atomic E-state index is 0.301. The van der Waals surface area contributed by atoms with Crippen molar-refractivity contribution in [3.8, 4) is 11.5 Å². The lowest BCUT2D eigenvalue weighted by molar-refractivity contribution is 0.176. The van der Waals surface area contributed by atoms with Crippen LogP contribution in [0.25, 0.3) is 0 Å². The van der Waals surface area contributed by atoms with Gasteiger partial charge in [0.1, 0.15) is 31.3 Å². The van der Waals surface area contributed by atoms with Crippen LogP contribution in [0.4, 0.5) is 0 Å². The van der Waals surface area contributed by atoms with Gasteiger partial charge in [0.15, 0.2) is 0 Å². The van der Waals surface area contributed by atoms with E-state index in [1.165, 1.54) is 0 Å². The summed E-state index contributed by atoms with van der Waals surface area (Å²) in [6, 6.07) is 25.2. The Morgan fingerprint density at radius 3 is 1.46 bits per heavy atom. The van der Waals surface area contributed by atoms with Gasteiger partial charge < -0.3 is 9.47 Å². The van der Waals surface area contributed by atoms with Gasteiger partial charge in [-0.2, -0.15) is 0 Å². The lowest BCUT2D eigenvalue weighted by Crippen LogP contribution is -1.99. The van der Waals surface area contributed by atoms with Crippen LogP contribution in [0.5, 0.6) is 11.5 Å². The van der Waals surface area contributed by atoms with Crippen molar-refractivity contribution in [2.45, 2.75) is 19.8 Å². The average molecular weight is 319 g/mol. The van der Waals surface area contributed by atoms with E-state index in [1.54, 1.807) is 12.1 Å². The Bertz CT molecular complexity index is 693. The van der Waals surface area contributed by atoms with Crippen LogP contribution < -0.4 is 9.47 Å². The maximum Gasteiger partial charge on any atom is 0.123 e. The quantitative estimate of drug-likeness (QED) is 0.629. The van der Waals surface area contributed by atoms with Crippen molar-refractivity contribution in [1.29, 1.82) is 0 Å². The van der Waals surface area contributed by atoms with Crippen molar-refractivity contribution < 1.29 is 14.6 Å². The molecule has 3 aromatic carbocycles. The Morgan fingerprint density at radius 1 is 0.583 bits per heavy atom. The summed E-state index contributed by atoms with van der Waals surface area (Å²) >= 11 is 0. The standard InChI is InChI=1S/C21H19O3/c22-14-19-11-20(23-15-17-7-3-1-4-8-17)13-21(12-19)24-16-18-9-5-2-6-10-18/h1-13H,14-16H2. The molecule has 0 aliphatic carbocycles. The molecule has 0 aliphatic heterocycles. The normalized spacial score (nSPS) is 10.4. The predicted octanol–water partition coefficient (Wildman–Crippen LogP) is 4.78. The molecule has 0 amide bonds. The van der Waals surface area contributed by atoms with Gasteiger partial charge in [0.2, 0.25) is 0 Å². The molecule has 0 heterocycles. The topological polar surface area (TPSA) is 38.4 Å². The Hall–Kier alpha value is -2.78. The summed E-state index contributed by atoms with van der Waals surface area (Å²) in [5, 5.41) is 11.3. The molecule has 0 bridgehead atoms. The van der Waals surface area contributed by atoms with E-state index in [-0.39, 0.29) is 6.61 Å². The van der Waals surface area contributed by atoms with Gasteiger partial charge in [0.05, 0.1) is 0 Å². The maximum atomic E-state index is 11.3. The fraction of sp³-hybridized carbons (Fsp3) is 0.143. The van der Waals surface area contributed by atoms with Crippen LogP contribution in [-0.4, -0.2) is 0 Å². The first-order chi connectivity index (χ1) is 11.8. The molecule has 0 unspecified atom stereocenters. The first kappa shape index (κ1) is 16.1. The molecule has 0 spiro atoms. The van der Waals surface area contributed by atoms with E-state index in [9.17, 15) is 5.11 Å². The summed E-state index contributed by atoms with van der Waals surface area (Å²) in [6.07, 6.45) is 0. The van der Waals surface area contributed by atoms with E-state index in [1.807, 2.05) is 66.7 Å². The zero-order valence-corrected chi connectivity index (χ0v) is 13.4. The molecule has 0 aromatic heterocycles. The van der Waals surface area contributed by atoms with Gasteiger partial charge in [-0.3, -0.25) is 0 Å². The van der Waals surface area contributed by atoms with E-state index in [4.69, 9.17) is 9.47 Å². The molecule has 1 radical (unpaired) electrons. The first-order valence-corrected chi connectivity index (χ1v) is 7.89. The van der Waals surface area contributed by atoms with E-state index in [0.29, 0.717) is 30.3 Å². The largest absolute Gasteiger partial charge is 0.489 e. The number of ether oxygens (including phenoxy) is 2. The fourth-order valence-electron chi connectivity index (χ4n) is 2.36. The molecule has 3 nitrogen and oxygen atoms in total. The summed E-state index contributed by atoms with van der Waals surface area (Å²) in [7, 11) is 0. The van der Waals surface area contributed by atoms with Gasteiger partial charge in [0.25, 0.3) is 0 Å². The smallest absolute Gasteiger partial charge is 0.123 e. The monoisotopic (exact) mass is 319 g/mol. The minimum Gasteiger partial charge on any atom is -0.489 e. The zero-order valence-electron chi connectivity index (χ0n) is 13.4. The lowest BCUT2D eigenvalue weighted by atomic mass is 10.2. The van der Waals surface area contributed by atoms with Crippen LogP contribution in [0, 0.1) is 0 Å². The third-order valence-electron chi connectivity index (χ3n) is 3.60. The molecule has 0 saturated heterocycles. The van der Waals surface area contributed by atoms with Gasteiger partial charge in [-0.1, -0.05) is 60.7 Å². The van der Waals surface area contributed by atoms with E-state index < -0.39 is 0 Å². The van der Waals surface area contributed by atoms with Crippen molar-refractivity contribution in [1.82, 2.24) is 0 Å². The van der Waals surface area contributed by atoms with Crippen molar-refractivity contribution in [2.24, 2.45) is 0 Å². The molecular weight excluding hydrogens is 300 g/mol. The van der Waals surface area contributed by atoms with Gasteiger partial charge in [-0.15, -0.1) is 0 Å². The number of rotatable bonds is 7. The summed E-state index contributed by atoms with van der Waals surface area (Å²) in [5.41, 5.74) is 2.82. The predicted molar refractivity (Wildman–Crippen MR) is 92.4 cm³/mol. The van der Waals surface area contributed by atoms with E-state index >= 15 is 0 Å². The van der Waals surface area contributed by atoms with Crippen LogP contribution in [-0.2, 0) is 24.9 Å². The molecule has 0 N–H and O–H groups in total. The zero-order chi connectivity index (χ0) is 16.6. The molecule has 24 heavy (non-hydrogen) atoms. The second-order valence-electron chi connectivity index (χ2n) is 5.51. The third-order valence-corrected chi connectivity index (χ3v) is 3.60. The highest BCUT2D eigenvalue weighted by molar-refractivity contribution is 5.38. The highest BCUT2D eigenvalue weighted by Gasteiger charge is 2.04. The fourth-order valence-corrected chi connectivity index (χ4v) is 2.36. The molecular formula is C21H19O3. The lowest BCUT2D eigenvalue weighted by Gasteiger charge is -2.12. The summed E-state index contributed by atoms with van der Waals surface area (Å²) in [6.45, 7) is 0.618. The Balaban J connectivity index is 1.68. The van der Waals surface area contributed by atoms with Gasteiger partial charge in [0, 0.05) is 6.07 Å². The summed E-state index contributed by atoms with van der Waals surface area (Å²) in [4.78, 5) is 0. The first-order valence-electron chi connectivity index (χ1n) is 7.89. The number of hydrogen-bond acceptors (Lipinski definition) is 2. The van der Waals surface area contributed by atoms with E-state index in [2.05, 4.69) is 0 Å². The van der Waals surface area contributed by atoms with Crippen molar-refractivity contribution in [3.05, 3.63) is 95.6 Å². The molecule has 0 aliphatic rings. The second kappa shape index (κ2) is 8.18. The van der Waals surface area contributed by atoms with Gasteiger partial charge in [-0.05, 0) is 28.8 Å². The molecule has 121 valence electrons. The van der Waals surface area contributed by atoms with Gasteiger partial charge >= 0.3 is 0 Å². The van der Waals surface area contributed by atoms with Crippen LogP contribution in [0.15, 0.2) is 78.9 Å². The van der Waals surface area contributed by atoms with Crippen molar-refractivity contribution >= 4 is 0 Å².